The van der Waals surface area contributed by atoms with E-state index >= 15 is 0 Å². The third-order valence-corrected chi connectivity index (χ3v) is 4.02. The van der Waals surface area contributed by atoms with Crippen LogP contribution >= 0.6 is 6.89 Å². The smallest absolute Gasteiger partial charge is 0.0623 e. The van der Waals surface area contributed by atoms with E-state index in [0.717, 1.165) is 0 Å². The Balaban J connectivity index is 3.61. The molecule has 0 nitrogen and oxygen atoms in total. The van der Waals surface area contributed by atoms with Crippen molar-refractivity contribution >= 4 is 13.2 Å². The lowest BCUT2D eigenvalue weighted by Crippen LogP contribution is -1.81. The van der Waals surface area contributed by atoms with Gasteiger partial charge in [-0.05, 0) is 0 Å². The lowest BCUT2D eigenvalue weighted by atomic mass is 11.0. The summed E-state index contributed by atoms with van der Waals surface area (Å²) in [6.07, 6.45) is 6.38. The second kappa shape index (κ2) is 2.57. The molecule has 0 N–H and O–H groups in total. The molecule has 0 rings (SSSR count). The first kappa shape index (κ1) is 7.30. The molecule has 0 aliphatic rings. The van der Waals surface area contributed by atoms with Gasteiger partial charge < -0.3 is 6.66 Å². The van der Waals surface area contributed by atoms with Gasteiger partial charge in [-0.15, -0.1) is 6.30 Å². The van der Waals surface area contributed by atoms with Crippen molar-refractivity contribution in [2.75, 3.05) is 12.3 Å². The minimum Gasteiger partial charge on any atom is -0.316 e. The maximum atomic E-state index is 4.01. The summed E-state index contributed by atoms with van der Waals surface area (Å²) in [7, 11) is 0. The molecule has 0 radical (unpaired) electrons. The normalized spacial score (nSPS) is 11.9. The zero-order valence-corrected chi connectivity index (χ0v) is 6.17. The van der Waals surface area contributed by atoms with Crippen molar-refractivity contribution < 1.29 is 0 Å². The predicted molar refractivity (Wildman–Crippen MR) is 40.5 cm³/mol. The monoisotopic (exact) mass is 117 g/mol. The second-order valence-corrected chi connectivity index (χ2v) is 5.92. The van der Waals surface area contributed by atoms with Crippen LogP contribution in [0.5, 0.6) is 0 Å². The fourth-order valence-corrected chi connectivity index (χ4v) is 0.671. The molecule has 0 aromatic carbocycles. The van der Waals surface area contributed by atoms with Crippen LogP contribution in [0, 0.1) is 6.66 Å². The van der Waals surface area contributed by atoms with E-state index in [1.807, 2.05) is 0 Å². The van der Waals surface area contributed by atoms with Crippen molar-refractivity contribution in [3.05, 3.63) is 6.66 Å². The van der Waals surface area contributed by atoms with Crippen molar-refractivity contribution in [1.29, 1.82) is 0 Å². The first-order chi connectivity index (χ1) is 3.12. The molecule has 0 aromatic rings. The third-order valence-electron chi connectivity index (χ3n) is 1.34. The van der Waals surface area contributed by atoms with Gasteiger partial charge in [0.1, 0.15) is 0 Å². The van der Waals surface area contributed by atoms with Crippen molar-refractivity contribution in [3.8, 4) is 0 Å². The average Bonchev–Trinajstić information content (AvgIpc) is 1.68. The first-order valence-corrected chi connectivity index (χ1v) is 5.21. The Hall–Kier alpha value is 0.300. The average molecular weight is 117 g/mol. The van der Waals surface area contributed by atoms with Crippen LogP contribution in [0.15, 0.2) is 0 Å². The molecule has 0 unspecified atom stereocenters. The Labute approximate surface area is 46.9 Å². The van der Waals surface area contributed by atoms with Crippen LogP contribution < -0.4 is 0 Å². The van der Waals surface area contributed by atoms with Gasteiger partial charge in [0.2, 0.25) is 0 Å². The third kappa shape index (κ3) is 2.93. The van der Waals surface area contributed by atoms with E-state index in [0.29, 0.717) is 0 Å². The molecular formula is C6H14P-. The van der Waals surface area contributed by atoms with Crippen LogP contribution in [-0.4, -0.2) is 18.6 Å². The Morgan fingerprint density at radius 3 is 1.71 bits per heavy atom. The zero-order valence-electron chi connectivity index (χ0n) is 5.28. The van der Waals surface area contributed by atoms with E-state index in [4.69, 9.17) is 0 Å². The fraction of sp³-hybridized carbons (Fsp3) is 0.667. The minimum atomic E-state index is -0.904. The summed E-state index contributed by atoms with van der Waals surface area (Å²) in [6, 6.07) is 0. The van der Waals surface area contributed by atoms with E-state index in [1.54, 1.807) is 0 Å². The summed E-state index contributed by atoms with van der Waals surface area (Å²) in [4.78, 5) is 0. The highest BCUT2D eigenvalue weighted by Crippen LogP contribution is 2.40. The van der Waals surface area contributed by atoms with Gasteiger partial charge in [-0.25, -0.2) is 6.89 Å². The first-order valence-electron chi connectivity index (χ1n) is 2.68. The summed E-state index contributed by atoms with van der Waals surface area (Å²) in [5.74, 6) is 0. The standard InChI is InChI=1S/C6H14P/c1-5-7(3,4)6-2/h3-6H2,1-2H3/q-1. The van der Waals surface area contributed by atoms with E-state index in [2.05, 4.69) is 26.8 Å². The van der Waals surface area contributed by atoms with Crippen molar-refractivity contribution in [3.63, 3.8) is 0 Å². The summed E-state index contributed by atoms with van der Waals surface area (Å²) < 4.78 is 0. The van der Waals surface area contributed by atoms with Crippen LogP contribution in [0.4, 0.5) is 0 Å². The second-order valence-electron chi connectivity index (χ2n) is 1.97. The van der Waals surface area contributed by atoms with Gasteiger partial charge in [0.05, 0.1) is 0 Å². The maximum absolute atomic E-state index is 4.01. The van der Waals surface area contributed by atoms with Gasteiger partial charge in [0.15, 0.2) is 0 Å². The SMILES string of the molecule is C=P([CH2-])(CC)CC. The summed E-state index contributed by atoms with van der Waals surface area (Å²) in [6.45, 7) is 7.43. The van der Waals surface area contributed by atoms with Gasteiger partial charge in [0, 0.05) is 0 Å². The van der Waals surface area contributed by atoms with Gasteiger partial charge in [-0.1, -0.05) is 26.2 Å². The summed E-state index contributed by atoms with van der Waals surface area (Å²) in [5, 5.41) is 0. The van der Waals surface area contributed by atoms with Crippen molar-refractivity contribution in [2.24, 2.45) is 0 Å². The quantitative estimate of drug-likeness (QED) is 0.384. The highest BCUT2D eigenvalue weighted by atomic mass is 31.2. The Morgan fingerprint density at radius 2 is 1.71 bits per heavy atom. The molecule has 0 fully saturated rings. The molecular weight excluding hydrogens is 103 g/mol. The molecule has 0 aromatic heterocycles. The lowest BCUT2D eigenvalue weighted by molar-refractivity contribution is 1.42. The molecule has 1 heteroatoms. The molecule has 0 amide bonds. The van der Waals surface area contributed by atoms with E-state index < -0.39 is 6.89 Å². The molecule has 0 heterocycles. The van der Waals surface area contributed by atoms with E-state index in [1.165, 1.54) is 12.3 Å². The van der Waals surface area contributed by atoms with E-state index in [9.17, 15) is 0 Å². The Morgan fingerprint density at radius 1 is 1.43 bits per heavy atom. The summed E-state index contributed by atoms with van der Waals surface area (Å²) >= 11 is 0. The Kier molecular flexibility index (Phi) is 2.68. The maximum Gasteiger partial charge on any atom is -0.0623 e. The molecule has 0 bridgehead atoms. The highest BCUT2D eigenvalue weighted by Gasteiger charge is 1.87. The molecule has 0 aliphatic heterocycles. The molecule has 7 heavy (non-hydrogen) atoms. The zero-order chi connectivity index (χ0) is 5.91. The van der Waals surface area contributed by atoms with Gasteiger partial charge in [-0.3, -0.25) is 0 Å². The van der Waals surface area contributed by atoms with Gasteiger partial charge >= 0.3 is 0 Å². The molecule has 44 valence electrons. The van der Waals surface area contributed by atoms with Crippen molar-refractivity contribution in [2.45, 2.75) is 13.8 Å². The van der Waals surface area contributed by atoms with Crippen LogP contribution in [0.2, 0.25) is 0 Å². The fourth-order valence-electron chi connectivity index (χ4n) is 0.224. The molecule has 0 spiro atoms. The van der Waals surface area contributed by atoms with Crippen molar-refractivity contribution in [1.82, 2.24) is 0 Å². The topological polar surface area (TPSA) is 0 Å². The lowest BCUT2D eigenvalue weighted by Gasteiger charge is -2.21. The molecule has 0 aliphatic carbocycles. The predicted octanol–water partition coefficient (Wildman–Crippen LogP) is 2.27. The largest absolute Gasteiger partial charge is 0.316 e. The van der Waals surface area contributed by atoms with Gasteiger partial charge in [-0.2, -0.15) is 0 Å². The van der Waals surface area contributed by atoms with Crippen LogP contribution in [0.25, 0.3) is 0 Å². The van der Waals surface area contributed by atoms with Gasteiger partial charge in [0.25, 0.3) is 0 Å². The molecule has 0 atom stereocenters. The minimum absolute atomic E-state index is 0.904. The van der Waals surface area contributed by atoms with E-state index in [-0.39, 0.29) is 0 Å². The number of hydrogen-bond donors (Lipinski definition) is 0. The number of rotatable bonds is 2. The highest BCUT2D eigenvalue weighted by molar-refractivity contribution is 7.74. The molecule has 0 saturated heterocycles. The van der Waals surface area contributed by atoms with Crippen LogP contribution in [0.3, 0.4) is 0 Å². The summed E-state index contributed by atoms with van der Waals surface area (Å²) in [5.41, 5.74) is 0. The molecule has 0 saturated carbocycles. The Bertz CT molecular complexity index is 76.2. The van der Waals surface area contributed by atoms with Crippen LogP contribution in [0.1, 0.15) is 13.8 Å². The van der Waals surface area contributed by atoms with Crippen LogP contribution in [-0.2, 0) is 0 Å². The number of hydrogen-bond acceptors (Lipinski definition) is 0.